The molecule has 3 heteroatoms. The number of allylic oxidation sites excluding steroid dienone is 2. The average Bonchev–Trinajstić information content (AvgIpc) is 1.86. The van der Waals surface area contributed by atoms with Crippen molar-refractivity contribution in [3.63, 3.8) is 0 Å². The molecule has 0 aromatic carbocycles. The minimum Gasteiger partial charge on any atom is -0.229 e. The third-order valence-electron chi connectivity index (χ3n) is 2.41. The summed E-state index contributed by atoms with van der Waals surface area (Å²) in [6, 6.07) is 0. The van der Waals surface area contributed by atoms with Gasteiger partial charge in [0.15, 0.2) is 9.84 Å². The molecule has 0 radical (unpaired) electrons. The Morgan fingerprint density at radius 1 is 1.20 bits per heavy atom. The SMILES string of the molecule is O=S1(=O)C[C@H]2CC=CC[C@@H]21. The summed E-state index contributed by atoms with van der Waals surface area (Å²) in [5.74, 6) is 0.886. The number of sulfone groups is 1. The van der Waals surface area contributed by atoms with E-state index >= 15 is 0 Å². The van der Waals surface area contributed by atoms with Crippen molar-refractivity contribution in [1.29, 1.82) is 0 Å². The Morgan fingerprint density at radius 3 is 2.40 bits per heavy atom. The van der Waals surface area contributed by atoms with Gasteiger partial charge in [0.2, 0.25) is 0 Å². The molecular weight excluding hydrogens is 148 g/mol. The standard InChI is InChI=1S/C7H10O2S/c8-10(9)5-6-3-1-2-4-7(6)10/h1-2,6-7H,3-5H2/t6-,7+/m1/s1. The van der Waals surface area contributed by atoms with Crippen LogP contribution in [0, 0.1) is 5.92 Å². The molecule has 0 N–H and O–H groups in total. The highest BCUT2D eigenvalue weighted by Gasteiger charge is 2.45. The first-order chi connectivity index (χ1) is 4.70. The zero-order chi connectivity index (χ0) is 7.19. The molecule has 2 rings (SSSR count). The van der Waals surface area contributed by atoms with E-state index in [4.69, 9.17) is 0 Å². The molecule has 0 spiro atoms. The first-order valence-corrected chi connectivity index (χ1v) is 5.28. The molecule has 1 aliphatic carbocycles. The van der Waals surface area contributed by atoms with Crippen molar-refractivity contribution in [3.8, 4) is 0 Å². The quantitative estimate of drug-likeness (QED) is 0.487. The zero-order valence-corrected chi connectivity index (χ0v) is 6.47. The van der Waals surface area contributed by atoms with E-state index < -0.39 is 9.84 Å². The summed E-state index contributed by atoms with van der Waals surface area (Å²) in [6.45, 7) is 0. The highest BCUT2D eigenvalue weighted by molar-refractivity contribution is 7.93. The monoisotopic (exact) mass is 158 g/mol. The fourth-order valence-electron chi connectivity index (χ4n) is 1.76. The molecule has 2 atom stereocenters. The van der Waals surface area contributed by atoms with Gasteiger partial charge in [0.25, 0.3) is 0 Å². The van der Waals surface area contributed by atoms with Gasteiger partial charge in [-0.25, -0.2) is 8.42 Å². The van der Waals surface area contributed by atoms with Crippen LogP contribution in [-0.2, 0) is 9.84 Å². The largest absolute Gasteiger partial charge is 0.229 e. The zero-order valence-electron chi connectivity index (χ0n) is 5.66. The molecule has 0 saturated carbocycles. The summed E-state index contributed by atoms with van der Waals surface area (Å²) in [7, 11) is -2.63. The van der Waals surface area contributed by atoms with E-state index in [0.29, 0.717) is 11.7 Å². The number of rotatable bonds is 0. The number of hydrogen-bond donors (Lipinski definition) is 0. The van der Waals surface area contributed by atoms with Gasteiger partial charge in [-0.15, -0.1) is 0 Å². The van der Waals surface area contributed by atoms with E-state index in [-0.39, 0.29) is 5.25 Å². The van der Waals surface area contributed by atoms with Gasteiger partial charge in [-0.1, -0.05) is 12.2 Å². The molecule has 0 unspecified atom stereocenters. The van der Waals surface area contributed by atoms with Gasteiger partial charge in [-0.3, -0.25) is 0 Å². The lowest BCUT2D eigenvalue weighted by molar-refractivity contribution is 0.441. The Hall–Kier alpha value is -0.310. The molecule has 2 aliphatic rings. The van der Waals surface area contributed by atoms with Gasteiger partial charge < -0.3 is 0 Å². The second-order valence-corrected chi connectivity index (χ2v) is 5.34. The summed E-state index contributed by atoms with van der Waals surface area (Å²) in [4.78, 5) is 0. The van der Waals surface area contributed by atoms with E-state index in [1.54, 1.807) is 0 Å². The van der Waals surface area contributed by atoms with Crippen LogP contribution < -0.4 is 0 Å². The average molecular weight is 158 g/mol. The van der Waals surface area contributed by atoms with Crippen LogP contribution >= 0.6 is 0 Å². The van der Waals surface area contributed by atoms with Crippen LogP contribution in [0.25, 0.3) is 0 Å². The van der Waals surface area contributed by atoms with E-state index in [1.165, 1.54) is 0 Å². The molecular formula is C7H10O2S. The van der Waals surface area contributed by atoms with Crippen LogP contribution in [0.3, 0.4) is 0 Å². The third kappa shape index (κ3) is 0.732. The summed E-state index contributed by atoms with van der Waals surface area (Å²) < 4.78 is 22.0. The van der Waals surface area contributed by atoms with Gasteiger partial charge >= 0.3 is 0 Å². The predicted molar refractivity (Wildman–Crippen MR) is 39.4 cm³/mol. The lowest BCUT2D eigenvalue weighted by atomic mass is 9.95. The van der Waals surface area contributed by atoms with Gasteiger partial charge in [0.05, 0.1) is 11.0 Å². The molecule has 1 saturated heterocycles. The maximum atomic E-state index is 11.0. The first kappa shape index (κ1) is 6.40. The lowest BCUT2D eigenvalue weighted by Gasteiger charge is -2.37. The van der Waals surface area contributed by atoms with Crippen LogP contribution in [-0.4, -0.2) is 19.4 Å². The Bertz CT molecular complexity index is 263. The fourth-order valence-corrected chi connectivity index (χ4v) is 3.81. The topological polar surface area (TPSA) is 34.1 Å². The van der Waals surface area contributed by atoms with Crippen LogP contribution in [0.1, 0.15) is 12.8 Å². The Labute approximate surface area is 60.9 Å². The van der Waals surface area contributed by atoms with Crippen molar-refractivity contribution in [3.05, 3.63) is 12.2 Å². The molecule has 1 aliphatic heterocycles. The van der Waals surface area contributed by atoms with Gasteiger partial charge in [-0.05, 0) is 18.8 Å². The number of fused-ring (bicyclic) bond motifs is 1. The van der Waals surface area contributed by atoms with E-state index in [1.807, 2.05) is 6.08 Å². The summed E-state index contributed by atoms with van der Waals surface area (Å²) in [5, 5.41) is -0.0162. The molecule has 1 fully saturated rings. The van der Waals surface area contributed by atoms with Crippen LogP contribution in [0.15, 0.2) is 12.2 Å². The van der Waals surface area contributed by atoms with Crippen molar-refractivity contribution < 1.29 is 8.42 Å². The van der Waals surface area contributed by atoms with Crippen LogP contribution in [0.4, 0.5) is 0 Å². The highest BCUT2D eigenvalue weighted by atomic mass is 32.2. The molecule has 2 nitrogen and oxygen atoms in total. The second kappa shape index (κ2) is 1.84. The molecule has 10 heavy (non-hydrogen) atoms. The maximum absolute atomic E-state index is 11.0. The van der Waals surface area contributed by atoms with Gasteiger partial charge in [-0.2, -0.15) is 0 Å². The van der Waals surface area contributed by atoms with Crippen molar-refractivity contribution in [2.75, 3.05) is 5.75 Å². The number of hydrogen-bond acceptors (Lipinski definition) is 2. The van der Waals surface area contributed by atoms with Crippen molar-refractivity contribution in [1.82, 2.24) is 0 Å². The highest BCUT2D eigenvalue weighted by Crippen LogP contribution is 2.36. The van der Waals surface area contributed by atoms with Gasteiger partial charge in [0, 0.05) is 0 Å². The second-order valence-electron chi connectivity index (χ2n) is 3.07. The minimum absolute atomic E-state index is 0.0162. The molecule has 1 heterocycles. The van der Waals surface area contributed by atoms with E-state index in [9.17, 15) is 8.42 Å². The Kier molecular flexibility index (Phi) is 1.18. The molecule has 0 bridgehead atoms. The molecule has 56 valence electrons. The summed E-state index contributed by atoms with van der Waals surface area (Å²) in [6.07, 6.45) is 5.81. The lowest BCUT2D eigenvalue weighted by Crippen LogP contribution is -2.47. The first-order valence-electron chi connectivity index (χ1n) is 3.57. The van der Waals surface area contributed by atoms with Crippen molar-refractivity contribution >= 4 is 9.84 Å². The van der Waals surface area contributed by atoms with E-state index in [2.05, 4.69) is 6.08 Å². The van der Waals surface area contributed by atoms with Crippen molar-refractivity contribution in [2.24, 2.45) is 5.92 Å². The molecule has 0 aromatic rings. The Balaban J connectivity index is 2.26. The smallest absolute Gasteiger partial charge is 0.154 e. The normalized spacial score (nSPS) is 42.0. The third-order valence-corrected chi connectivity index (χ3v) is 4.80. The van der Waals surface area contributed by atoms with Crippen LogP contribution in [0.2, 0.25) is 0 Å². The Morgan fingerprint density at radius 2 is 1.90 bits per heavy atom. The summed E-state index contributed by atoms with van der Waals surface area (Å²) >= 11 is 0. The van der Waals surface area contributed by atoms with Crippen molar-refractivity contribution in [2.45, 2.75) is 18.1 Å². The van der Waals surface area contributed by atoms with E-state index in [0.717, 1.165) is 12.8 Å². The van der Waals surface area contributed by atoms with Crippen LogP contribution in [0.5, 0.6) is 0 Å². The van der Waals surface area contributed by atoms with Gasteiger partial charge in [0.1, 0.15) is 0 Å². The summed E-state index contributed by atoms with van der Waals surface area (Å²) in [5.41, 5.74) is 0. The molecule has 0 aromatic heterocycles. The predicted octanol–water partition coefficient (Wildman–Crippen LogP) is 0.750. The fraction of sp³-hybridized carbons (Fsp3) is 0.714. The minimum atomic E-state index is -2.63. The maximum Gasteiger partial charge on any atom is 0.154 e. The molecule has 0 amide bonds.